The van der Waals surface area contributed by atoms with Crippen molar-refractivity contribution in [3.63, 3.8) is 0 Å². The van der Waals surface area contributed by atoms with Gasteiger partial charge in [-0.15, -0.1) is 0 Å². The second kappa shape index (κ2) is 14.1. The van der Waals surface area contributed by atoms with Crippen LogP contribution < -0.4 is 15.6 Å². The Bertz CT molecular complexity index is 2160. The fourth-order valence-corrected chi connectivity index (χ4v) is 6.88. The van der Waals surface area contributed by atoms with Gasteiger partial charge in [-0.1, -0.05) is 23.7 Å². The van der Waals surface area contributed by atoms with Gasteiger partial charge >= 0.3 is 18.3 Å². The minimum absolute atomic E-state index is 0.00847. The Morgan fingerprint density at radius 1 is 1.00 bits per heavy atom. The van der Waals surface area contributed by atoms with Gasteiger partial charge < -0.3 is 15.2 Å². The highest BCUT2D eigenvalue weighted by atomic mass is 35.5. The summed E-state index contributed by atoms with van der Waals surface area (Å²) in [6.07, 6.45) is -12.1. The molecule has 6 rings (SSSR count). The van der Waals surface area contributed by atoms with Crippen LogP contribution in [-0.4, -0.2) is 52.3 Å². The molecular formula is C36H28ClF8N3O5. The van der Waals surface area contributed by atoms with Gasteiger partial charge in [0.15, 0.2) is 0 Å². The Labute approximate surface area is 300 Å². The molecule has 1 amide bonds. The average Bonchev–Trinajstić information content (AvgIpc) is 3.02. The van der Waals surface area contributed by atoms with E-state index >= 15 is 4.39 Å². The summed E-state index contributed by atoms with van der Waals surface area (Å²) in [5, 5.41) is 12.1. The van der Waals surface area contributed by atoms with Gasteiger partial charge in [-0.25, -0.2) is 8.78 Å². The number of rotatable bonds is 6. The second-order valence-corrected chi connectivity index (χ2v) is 13.3. The van der Waals surface area contributed by atoms with Gasteiger partial charge in [-0.3, -0.25) is 23.9 Å². The number of pyridine rings is 1. The number of ether oxygens (including phenoxy) is 1. The van der Waals surface area contributed by atoms with Crippen LogP contribution in [0.3, 0.4) is 0 Å². The monoisotopic (exact) mass is 769 g/mol. The number of alkyl halides is 7. The lowest BCUT2D eigenvalue weighted by Crippen LogP contribution is -2.49. The molecule has 0 spiro atoms. The number of aliphatic carboxylic acids is 1. The van der Waals surface area contributed by atoms with E-state index in [0.717, 1.165) is 12.3 Å². The molecule has 1 aromatic heterocycles. The predicted molar refractivity (Wildman–Crippen MR) is 175 cm³/mol. The number of likely N-dealkylation sites (tertiary alicyclic amines) is 1. The maximum Gasteiger partial charge on any atom is 0.419 e. The lowest BCUT2D eigenvalue weighted by Gasteiger charge is -2.34. The fraction of sp³-hybridized carbons (Fsp3) is 0.306. The number of nitrogens with one attached hydrogen (secondary N) is 1. The van der Waals surface area contributed by atoms with E-state index in [4.69, 9.17) is 16.3 Å². The van der Waals surface area contributed by atoms with E-state index in [9.17, 15) is 50.2 Å². The third kappa shape index (κ3) is 7.88. The van der Waals surface area contributed by atoms with E-state index < -0.39 is 82.5 Å². The topological polar surface area (TPSA) is 101 Å². The summed E-state index contributed by atoms with van der Waals surface area (Å²) in [5.74, 6) is -4.96. The van der Waals surface area contributed by atoms with Crippen molar-refractivity contribution in [2.75, 3.05) is 19.6 Å². The molecule has 4 aromatic rings. The van der Waals surface area contributed by atoms with Crippen LogP contribution in [0.15, 0.2) is 65.6 Å². The number of halogens is 9. The summed E-state index contributed by atoms with van der Waals surface area (Å²) >= 11 is 6.30. The van der Waals surface area contributed by atoms with Crippen molar-refractivity contribution in [1.29, 1.82) is 0 Å². The summed E-state index contributed by atoms with van der Waals surface area (Å²) in [7, 11) is 0. The first-order valence-corrected chi connectivity index (χ1v) is 16.4. The lowest BCUT2D eigenvalue weighted by atomic mass is 9.91. The van der Waals surface area contributed by atoms with Gasteiger partial charge in [-0.05, 0) is 65.9 Å². The molecule has 0 aliphatic carbocycles. The standard InChI is InChI=1S/C36H28ClF8N3O5/c1-17-7-21(37)11-28-31(17)20-9-24(32(39)26(10-20)36(43,44)45)27(13-30(50)51)46-34(52)33(18-3-2-4-23(8-18)53-28)48-14-19(5-6-47-15-22(38)16-47)25(12-29(48)49)35(40,41)42/h2-4,7-12,14,22,27,33H,5-6,13,15-16H2,1H3,(H,46,52)(H,50,51). The molecule has 0 radical (unpaired) electrons. The SMILES string of the molecule is Cc1cc(Cl)cc2c1-c1cc(c(F)c(C(F)(F)F)c1)C(CC(=O)O)NC(=O)C(n1cc(CCN3CC(F)C3)c(C(F)(F)F)cc1=O)c1cccc(c1)O2. The molecule has 4 bridgehead atoms. The normalized spacial score (nSPS) is 18.1. The van der Waals surface area contributed by atoms with Gasteiger partial charge in [0.2, 0.25) is 5.91 Å². The minimum atomic E-state index is -5.30. The number of carboxylic acid groups (broad SMARTS) is 1. The van der Waals surface area contributed by atoms with Crippen LogP contribution in [0, 0.1) is 12.7 Å². The van der Waals surface area contributed by atoms with Crippen LogP contribution in [0.4, 0.5) is 35.1 Å². The smallest absolute Gasteiger partial charge is 0.419 e. The molecule has 2 unspecified atom stereocenters. The summed E-state index contributed by atoms with van der Waals surface area (Å²) in [6.45, 7) is 1.45. The van der Waals surface area contributed by atoms with E-state index in [1.165, 1.54) is 43.3 Å². The Morgan fingerprint density at radius 3 is 2.34 bits per heavy atom. The van der Waals surface area contributed by atoms with Gasteiger partial charge in [0.1, 0.15) is 29.5 Å². The molecule has 3 heterocycles. The number of nitrogens with zero attached hydrogens (tertiary/aromatic N) is 2. The highest BCUT2D eigenvalue weighted by Crippen LogP contribution is 2.44. The van der Waals surface area contributed by atoms with E-state index in [2.05, 4.69) is 5.32 Å². The number of amides is 1. The van der Waals surface area contributed by atoms with Crippen LogP contribution in [0.1, 0.15) is 51.9 Å². The van der Waals surface area contributed by atoms with E-state index in [1.807, 2.05) is 0 Å². The van der Waals surface area contributed by atoms with Crippen LogP contribution in [0.25, 0.3) is 11.1 Å². The summed E-state index contributed by atoms with van der Waals surface area (Å²) in [5.41, 5.74) is -5.76. The number of aromatic nitrogens is 1. The molecule has 3 aromatic carbocycles. The van der Waals surface area contributed by atoms with E-state index in [-0.39, 0.29) is 70.9 Å². The van der Waals surface area contributed by atoms with Crippen LogP contribution >= 0.6 is 11.6 Å². The molecule has 2 aliphatic rings. The minimum Gasteiger partial charge on any atom is -0.481 e. The zero-order valence-corrected chi connectivity index (χ0v) is 28.2. The van der Waals surface area contributed by atoms with E-state index in [0.29, 0.717) is 10.6 Å². The first-order valence-electron chi connectivity index (χ1n) is 16.0. The van der Waals surface area contributed by atoms with Crippen LogP contribution in [0.5, 0.6) is 11.5 Å². The number of carboxylic acids is 1. The Morgan fingerprint density at radius 2 is 1.70 bits per heavy atom. The Hall–Kier alpha value is -4.96. The van der Waals surface area contributed by atoms with Crippen molar-refractivity contribution in [2.45, 2.75) is 50.4 Å². The molecule has 17 heteroatoms. The predicted octanol–water partition coefficient (Wildman–Crippen LogP) is 7.88. The van der Waals surface area contributed by atoms with E-state index in [1.54, 1.807) is 4.90 Å². The van der Waals surface area contributed by atoms with Gasteiger partial charge in [0, 0.05) is 54.1 Å². The highest BCUT2D eigenvalue weighted by Gasteiger charge is 2.40. The number of hydrogen-bond donors (Lipinski definition) is 2. The molecule has 1 saturated heterocycles. The molecule has 0 saturated carbocycles. The maximum atomic E-state index is 15.9. The number of benzene rings is 3. The second-order valence-electron chi connectivity index (χ2n) is 12.8. The van der Waals surface area contributed by atoms with Crippen molar-refractivity contribution in [3.05, 3.63) is 115 Å². The molecule has 1 fully saturated rings. The number of aryl methyl sites for hydroxylation is 1. The number of carbonyl (C=O) groups is 2. The largest absolute Gasteiger partial charge is 0.481 e. The Balaban J connectivity index is 1.60. The third-order valence-corrected chi connectivity index (χ3v) is 9.25. The van der Waals surface area contributed by atoms with Crippen molar-refractivity contribution < 1.29 is 54.6 Å². The molecule has 8 nitrogen and oxygen atoms in total. The molecule has 280 valence electrons. The van der Waals surface area contributed by atoms with Crippen molar-refractivity contribution in [2.24, 2.45) is 0 Å². The molecular weight excluding hydrogens is 742 g/mol. The molecule has 2 atom stereocenters. The molecule has 2 N–H and O–H groups in total. The van der Waals surface area contributed by atoms with Crippen LogP contribution in [-0.2, 0) is 28.4 Å². The first-order chi connectivity index (χ1) is 24.8. The zero-order valence-electron chi connectivity index (χ0n) is 27.4. The van der Waals surface area contributed by atoms with Crippen molar-refractivity contribution in [3.8, 4) is 22.6 Å². The van der Waals surface area contributed by atoms with Crippen molar-refractivity contribution >= 4 is 23.5 Å². The first kappa shape index (κ1) is 37.8. The lowest BCUT2D eigenvalue weighted by molar-refractivity contribution is -0.140. The molecule has 2 aliphatic heterocycles. The summed E-state index contributed by atoms with van der Waals surface area (Å²) < 4.78 is 122. The number of fused-ring (bicyclic) bond motifs is 6. The van der Waals surface area contributed by atoms with Gasteiger partial charge in [0.25, 0.3) is 5.56 Å². The van der Waals surface area contributed by atoms with Gasteiger partial charge in [0.05, 0.1) is 23.6 Å². The highest BCUT2D eigenvalue weighted by molar-refractivity contribution is 6.31. The maximum absolute atomic E-state index is 15.9. The number of carbonyl (C=O) groups excluding carboxylic acids is 1. The zero-order chi connectivity index (χ0) is 38.6. The third-order valence-electron chi connectivity index (χ3n) is 9.04. The fourth-order valence-electron chi connectivity index (χ4n) is 6.62. The van der Waals surface area contributed by atoms with Crippen molar-refractivity contribution in [1.82, 2.24) is 14.8 Å². The summed E-state index contributed by atoms with van der Waals surface area (Å²) in [4.78, 5) is 41.4. The Kier molecular flexibility index (Phi) is 10.1. The summed E-state index contributed by atoms with van der Waals surface area (Å²) in [6, 6.07) is 5.89. The quantitative estimate of drug-likeness (QED) is 0.194. The average molecular weight is 770 g/mol. The molecule has 53 heavy (non-hydrogen) atoms. The van der Waals surface area contributed by atoms with Crippen LogP contribution in [0.2, 0.25) is 5.02 Å². The van der Waals surface area contributed by atoms with Gasteiger partial charge in [-0.2, -0.15) is 26.3 Å². The number of hydrogen-bond acceptors (Lipinski definition) is 5.